The minimum absolute atomic E-state index is 0.127. The molecular weight excluding hydrogens is 341 g/mol. The maximum Gasteiger partial charge on any atom is 0.258 e. The smallest absolute Gasteiger partial charge is 0.258 e. The van der Waals surface area contributed by atoms with E-state index in [0.717, 1.165) is 30.2 Å². The van der Waals surface area contributed by atoms with Gasteiger partial charge in [0.15, 0.2) is 9.84 Å². The van der Waals surface area contributed by atoms with Crippen LogP contribution in [0.15, 0.2) is 36.4 Å². The Morgan fingerprint density at radius 1 is 1.24 bits per heavy atom. The van der Waals surface area contributed by atoms with Gasteiger partial charge in [0.05, 0.1) is 11.4 Å². The number of benzene rings is 2. The minimum atomic E-state index is -3.19. The molecule has 0 N–H and O–H groups in total. The number of nitrogens with zero attached hydrogens (tertiary/aromatic N) is 1. The van der Waals surface area contributed by atoms with Crippen molar-refractivity contribution in [2.24, 2.45) is 0 Å². The molecule has 0 radical (unpaired) electrons. The Morgan fingerprint density at radius 2 is 2.00 bits per heavy atom. The van der Waals surface area contributed by atoms with Crippen LogP contribution in [0, 0.1) is 12.7 Å². The first-order valence-electron chi connectivity index (χ1n) is 8.12. The summed E-state index contributed by atoms with van der Waals surface area (Å²) in [6, 6.07) is 9.89. The van der Waals surface area contributed by atoms with Crippen molar-refractivity contribution in [2.45, 2.75) is 25.5 Å². The molecule has 0 atom stereocenters. The molecule has 0 saturated carbocycles. The zero-order valence-corrected chi connectivity index (χ0v) is 15.1. The zero-order chi connectivity index (χ0) is 18.2. The standard InChI is InChI=1S/C19H20FNO3S/c1-13-9-15-7-4-8-21(18(15)17(20)10-13)19(22)16-6-3-5-14(11-16)12-25(2,23)24/h3,5-6,9-11H,4,7-8,12H2,1-2H3. The monoisotopic (exact) mass is 361 g/mol. The number of hydrogen-bond acceptors (Lipinski definition) is 3. The summed E-state index contributed by atoms with van der Waals surface area (Å²) in [4.78, 5) is 14.4. The number of carbonyl (C=O) groups is 1. The molecule has 0 spiro atoms. The van der Waals surface area contributed by atoms with Gasteiger partial charge in [-0.15, -0.1) is 0 Å². The number of halogens is 1. The summed E-state index contributed by atoms with van der Waals surface area (Å²) in [5, 5.41) is 0. The number of rotatable bonds is 3. The molecule has 0 fully saturated rings. The first-order chi connectivity index (χ1) is 11.7. The molecule has 132 valence electrons. The van der Waals surface area contributed by atoms with Gasteiger partial charge in [-0.05, 0) is 54.7 Å². The van der Waals surface area contributed by atoms with Crippen LogP contribution in [0.5, 0.6) is 0 Å². The van der Waals surface area contributed by atoms with Crippen LogP contribution in [0.25, 0.3) is 0 Å². The summed E-state index contributed by atoms with van der Waals surface area (Å²) < 4.78 is 37.4. The Hall–Kier alpha value is -2.21. The Bertz CT molecular complexity index is 938. The average molecular weight is 361 g/mol. The molecule has 0 bridgehead atoms. The second-order valence-electron chi connectivity index (χ2n) is 6.59. The quantitative estimate of drug-likeness (QED) is 0.843. The van der Waals surface area contributed by atoms with Crippen molar-refractivity contribution in [2.75, 3.05) is 17.7 Å². The van der Waals surface area contributed by atoms with E-state index in [9.17, 15) is 17.6 Å². The van der Waals surface area contributed by atoms with Gasteiger partial charge in [0.25, 0.3) is 5.91 Å². The number of fused-ring (bicyclic) bond motifs is 1. The van der Waals surface area contributed by atoms with Crippen LogP contribution in [-0.2, 0) is 22.0 Å². The highest BCUT2D eigenvalue weighted by molar-refractivity contribution is 7.89. The third-order valence-corrected chi connectivity index (χ3v) is 5.09. The fraction of sp³-hybridized carbons (Fsp3) is 0.316. The summed E-state index contributed by atoms with van der Waals surface area (Å²) in [6.07, 6.45) is 2.66. The van der Waals surface area contributed by atoms with Crippen molar-refractivity contribution in [3.63, 3.8) is 0 Å². The molecule has 0 saturated heterocycles. The van der Waals surface area contributed by atoms with Gasteiger partial charge >= 0.3 is 0 Å². The number of aryl methyl sites for hydroxylation is 2. The van der Waals surface area contributed by atoms with Crippen LogP contribution in [0.3, 0.4) is 0 Å². The zero-order valence-electron chi connectivity index (χ0n) is 14.3. The fourth-order valence-corrected chi connectivity index (χ4v) is 4.08. The molecule has 1 aliphatic rings. The molecule has 2 aromatic rings. The number of amides is 1. The van der Waals surface area contributed by atoms with E-state index in [-0.39, 0.29) is 11.7 Å². The molecule has 1 heterocycles. The lowest BCUT2D eigenvalue weighted by Crippen LogP contribution is -2.36. The van der Waals surface area contributed by atoms with Gasteiger partial charge in [0.2, 0.25) is 0 Å². The van der Waals surface area contributed by atoms with Crippen molar-refractivity contribution in [1.29, 1.82) is 0 Å². The third-order valence-electron chi connectivity index (χ3n) is 4.23. The molecule has 25 heavy (non-hydrogen) atoms. The second-order valence-corrected chi connectivity index (χ2v) is 8.73. The summed E-state index contributed by atoms with van der Waals surface area (Å²) in [7, 11) is -3.19. The van der Waals surface area contributed by atoms with Crippen LogP contribution in [-0.4, -0.2) is 27.1 Å². The number of hydrogen-bond donors (Lipinski definition) is 0. The molecule has 4 nitrogen and oxygen atoms in total. The molecule has 0 aromatic heterocycles. The van der Waals surface area contributed by atoms with E-state index in [1.165, 1.54) is 11.0 Å². The number of anilines is 1. The van der Waals surface area contributed by atoms with Gasteiger partial charge in [-0.1, -0.05) is 18.2 Å². The van der Waals surface area contributed by atoms with Crippen LogP contribution in [0.4, 0.5) is 10.1 Å². The summed E-state index contributed by atoms with van der Waals surface area (Å²) in [6.45, 7) is 2.28. The second kappa shape index (κ2) is 6.59. The Kier molecular flexibility index (Phi) is 4.64. The largest absolute Gasteiger partial charge is 0.305 e. The van der Waals surface area contributed by atoms with Gasteiger partial charge in [-0.2, -0.15) is 0 Å². The molecule has 6 heteroatoms. The number of carbonyl (C=O) groups excluding carboxylic acids is 1. The van der Waals surface area contributed by atoms with Crippen molar-refractivity contribution >= 4 is 21.4 Å². The first kappa shape index (κ1) is 17.6. The van der Waals surface area contributed by atoms with Crippen molar-refractivity contribution < 1.29 is 17.6 Å². The maximum atomic E-state index is 14.5. The van der Waals surface area contributed by atoms with Crippen LogP contribution >= 0.6 is 0 Å². The first-order valence-corrected chi connectivity index (χ1v) is 10.2. The van der Waals surface area contributed by atoms with Crippen LogP contribution < -0.4 is 4.90 Å². The Balaban J connectivity index is 1.97. The van der Waals surface area contributed by atoms with Crippen LogP contribution in [0.1, 0.15) is 33.5 Å². The highest BCUT2D eigenvalue weighted by Gasteiger charge is 2.27. The highest BCUT2D eigenvalue weighted by atomic mass is 32.2. The maximum absolute atomic E-state index is 14.5. The van der Waals surface area contributed by atoms with Gasteiger partial charge in [-0.25, -0.2) is 12.8 Å². The van der Waals surface area contributed by atoms with E-state index in [2.05, 4.69) is 0 Å². The number of sulfone groups is 1. The summed E-state index contributed by atoms with van der Waals surface area (Å²) in [5.74, 6) is -0.826. The van der Waals surface area contributed by atoms with Gasteiger partial charge in [0.1, 0.15) is 5.82 Å². The predicted molar refractivity (Wildman–Crippen MR) is 96.1 cm³/mol. The molecule has 1 aliphatic heterocycles. The molecular formula is C19H20FNO3S. The third kappa shape index (κ3) is 3.90. The average Bonchev–Trinajstić information content (AvgIpc) is 2.52. The molecule has 1 amide bonds. The molecule has 2 aromatic carbocycles. The fourth-order valence-electron chi connectivity index (χ4n) is 3.29. The Labute approximate surface area is 147 Å². The normalized spacial score (nSPS) is 14.3. The van der Waals surface area contributed by atoms with Gasteiger partial charge in [0, 0.05) is 18.4 Å². The van der Waals surface area contributed by atoms with E-state index in [4.69, 9.17) is 0 Å². The van der Waals surface area contributed by atoms with Crippen LogP contribution in [0.2, 0.25) is 0 Å². The minimum Gasteiger partial charge on any atom is -0.305 e. The molecule has 0 aliphatic carbocycles. The predicted octanol–water partition coefficient (Wildman–Crippen LogP) is 3.27. The highest BCUT2D eigenvalue weighted by Crippen LogP contribution is 2.32. The van der Waals surface area contributed by atoms with Gasteiger partial charge in [-0.3, -0.25) is 4.79 Å². The van der Waals surface area contributed by atoms with E-state index in [1.807, 2.05) is 13.0 Å². The lowest BCUT2D eigenvalue weighted by atomic mass is 9.98. The summed E-state index contributed by atoms with van der Waals surface area (Å²) in [5.41, 5.74) is 2.93. The lowest BCUT2D eigenvalue weighted by molar-refractivity contribution is 0.0984. The van der Waals surface area contributed by atoms with Gasteiger partial charge < -0.3 is 4.90 Å². The van der Waals surface area contributed by atoms with E-state index in [0.29, 0.717) is 23.4 Å². The lowest BCUT2D eigenvalue weighted by Gasteiger charge is -2.30. The topological polar surface area (TPSA) is 54.5 Å². The van der Waals surface area contributed by atoms with E-state index in [1.54, 1.807) is 24.3 Å². The SMILES string of the molecule is Cc1cc(F)c2c(c1)CCCN2C(=O)c1cccc(CS(C)(=O)=O)c1. The Morgan fingerprint density at radius 3 is 2.72 bits per heavy atom. The van der Waals surface area contributed by atoms with Crippen molar-refractivity contribution in [3.05, 3.63) is 64.5 Å². The van der Waals surface area contributed by atoms with E-state index < -0.39 is 15.7 Å². The summed E-state index contributed by atoms with van der Waals surface area (Å²) >= 11 is 0. The molecule has 3 rings (SSSR count). The van der Waals surface area contributed by atoms with Crippen molar-refractivity contribution in [3.8, 4) is 0 Å². The van der Waals surface area contributed by atoms with E-state index >= 15 is 0 Å². The molecule has 0 unspecified atom stereocenters. The van der Waals surface area contributed by atoms with Crippen molar-refractivity contribution in [1.82, 2.24) is 0 Å².